The largest absolute Gasteiger partial charge is 0.467 e. The molecule has 0 unspecified atom stereocenters. The van der Waals surface area contributed by atoms with Gasteiger partial charge >= 0.3 is 0 Å². The number of carbonyl (C=O) groups is 1. The third kappa shape index (κ3) is 2.62. The average Bonchev–Trinajstić information content (AvgIpc) is 3.15. The summed E-state index contributed by atoms with van der Waals surface area (Å²) in [6.45, 7) is 0.253. The SMILES string of the molecule is Nc1onc(-c2cccnc2)c1C(=O)NCc1ccco1. The number of nitrogens with two attached hydrogens (primary N) is 1. The summed E-state index contributed by atoms with van der Waals surface area (Å²) in [4.78, 5) is 16.3. The number of aromatic nitrogens is 2. The number of furan rings is 1. The van der Waals surface area contributed by atoms with Gasteiger partial charge in [-0.1, -0.05) is 5.16 Å². The summed E-state index contributed by atoms with van der Waals surface area (Å²) >= 11 is 0. The fourth-order valence-electron chi connectivity index (χ4n) is 1.89. The highest BCUT2D eigenvalue weighted by atomic mass is 16.5. The van der Waals surface area contributed by atoms with E-state index in [2.05, 4.69) is 15.5 Å². The first kappa shape index (κ1) is 12.9. The topological polar surface area (TPSA) is 107 Å². The van der Waals surface area contributed by atoms with Crippen LogP contribution in [0.1, 0.15) is 16.1 Å². The molecule has 0 bridgehead atoms. The molecule has 3 aromatic heterocycles. The summed E-state index contributed by atoms with van der Waals surface area (Å²) in [5.41, 5.74) is 6.90. The molecule has 0 aliphatic carbocycles. The second kappa shape index (κ2) is 5.49. The van der Waals surface area contributed by atoms with Crippen molar-refractivity contribution in [1.29, 1.82) is 0 Å². The van der Waals surface area contributed by atoms with Crippen LogP contribution in [0.3, 0.4) is 0 Å². The molecule has 7 nitrogen and oxygen atoms in total. The lowest BCUT2D eigenvalue weighted by atomic mass is 10.1. The summed E-state index contributed by atoms with van der Waals surface area (Å²) in [6, 6.07) is 7.02. The Morgan fingerprint density at radius 3 is 2.95 bits per heavy atom. The molecule has 21 heavy (non-hydrogen) atoms. The van der Waals surface area contributed by atoms with E-state index in [1.165, 1.54) is 6.26 Å². The lowest BCUT2D eigenvalue weighted by Crippen LogP contribution is -2.23. The molecule has 3 heterocycles. The van der Waals surface area contributed by atoms with Gasteiger partial charge in [-0.2, -0.15) is 0 Å². The van der Waals surface area contributed by atoms with E-state index >= 15 is 0 Å². The quantitative estimate of drug-likeness (QED) is 0.757. The van der Waals surface area contributed by atoms with Crippen molar-refractivity contribution in [2.45, 2.75) is 6.54 Å². The summed E-state index contributed by atoms with van der Waals surface area (Å²) in [5.74, 6) is 0.219. The zero-order valence-corrected chi connectivity index (χ0v) is 10.9. The van der Waals surface area contributed by atoms with Crippen LogP contribution in [-0.4, -0.2) is 16.0 Å². The monoisotopic (exact) mass is 284 g/mol. The van der Waals surface area contributed by atoms with Crippen molar-refractivity contribution >= 4 is 11.8 Å². The van der Waals surface area contributed by atoms with Crippen molar-refractivity contribution in [3.05, 3.63) is 54.2 Å². The molecule has 106 valence electrons. The molecule has 0 aliphatic rings. The lowest BCUT2D eigenvalue weighted by molar-refractivity contribution is 0.0949. The van der Waals surface area contributed by atoms with E-state index in [9.17, 15) is 4.79 Å². The first-order valence-corrected chi connectivity index (χ1v) is 6.22. The van der Waals surface area contributed by atoms with Gasteiger partial charge in [-0.05, 0) is 24.3 Å². The Hall–Kier alpha value is -3.09. The summed E-state index contributed by atoms with van der Waals surface area (Å²) in [6.07, 6.45) is 4.75. The van der Waals surface area contributed by atoms with Crippen molar-refractivity contribution in [3.63, 3.8) is 0 Å². The Bertz CT molecular complexity index is 735. The van der Waals surface area contributed by atoms with Gasteiger partial charge in [0, 0.05) is 18.0 Å². The van der Waals surface area contributed by atoms with Gasteiger partial charge in [-0.15, -0.1) is 0 Å². The number of hydrogen-bond acceptors (Lipinski definition) is 6. The van der Waals surface area contributed by atoms with Gasteiger partial charge in [-0.25, -0.2) is 0 Å². The van der Waals surface area contributed by atoms with Gasteiger partial charge in [0.1, 0.15) is 17.0 Å². The van der Waals surface area contributed by atoms with Crippen LogP contribution in [0.2, 0.25) is 0 Å². The smallest absolute Gasteiger partial charge is 0.259 e. The Kier molecular flexibility index (Phi) is 3.38. The maximum Gasteiger partial charge on any atom is 0.259 e. The molecule has 0 aromatic carbocycles. The zero-order chi connectivity index (χ0) is 14.7. The summed E-state index contributed by atoms with van der Waals surface area (Å²) in [7, 11) is 0. The first-order valence-electron chi connectivity index (χ1n) is 6.22. The van der Waals surface area contributed by atoms with Gasteiger partial charge in [0.15, 0.2) is 0 Å². The maximum atomic E-state index is 12.3. The summed E-state index contributed by atoms with van der Waals surface area (Å²) < 4.78 is 10.1. The van der Waals surface area contributed by atoms with Crippen LogP contribution in [0.25, 0.3) is 11.3 Å². The van der Waals surface area contributed by atoms with Crippen molar-refractivity contribution in [1.82, 2.24) is 15.5 Å². The van der Waals surface area contributed by atoms with Gasteiger partial charge < -0.3 is 20.0 Å². The molecule has 3 rings (SSSR count). The van der Waals surface area contributed by atoms with Crippen LogP contribution in [0.5, 0.6) is 0 Å². The van der Waals surface area contributed by atoms with E-state index < -0.39 is 0 Å². The third-order valence-electron chi connectivity index (χ3n) is 2.88. The molecule has 0 saturated carbocycles. The molecule has 3 N–H and O–H groups in total. The number of pyridine rings is 1. The van der Waals surface area contributed by atoms with Crippen molar-refractivity contribution in [3.8, 4) is 11.3 Å². The highest BCUT2D eigenvalue weighted by Gasteiger charge is 2.22. The summed E-state index contributed by atoms with van der Waals surface area (Å²) in [5, 5.41) is 6.53. The standard InChI is InChI=1S/C14H12N4O3/c15-13-11(14(19)17-8-10-4-2-6-20-10)12(18-21-13)9-3-1-5-16-7-9/h1-7H,8,15H2,(H,17,19). The Labute approximate surface area is 119 Å². The molecule has 1 amide bonds. The van der Waals surface area contributed by atoms with E-state index in [0.717, 1.165) is 0 Å². The van der Waals surface area contributed by atoms with Crippen LogP contribution in [0.4, 0.5) is 5.88 Å². The van der Waals surface area contributed by atoms with Crippen molar-refractivity contribution < 1.29 is 13.7 Å². The number of nitrogens with zero attached hydrogens (tertiary/aromatic N) is 2. The molecular weight excluding hydrogens is 272 g/mol. The van der Waals surface area contributed by atoms with Crippen LogP contribution >= 0.6 is 0 Å². The number of anilines is 1. The van der Waals surface area contributed by atoms with Crippen molar-refractivity contribution in [2.75, 3.05) is 5.73 Å². The van der Waals surface area contributed by atoms with Crippen LogP contribution in [-0.2, 0) is 6.54 Å². The highest BCUT2D eigenvalue weighted by molar-refractivity contribution is 6.03. The number of hydrogen-bond donors (Lipinski definition) is 2. The van der Waals surface area contributed by atoms with E-state index in [1.807, 2.05) is 0 Å². The van der Waals surface area contributed by atoms with Gasteiger partial charge in [-0.3, -0.25) is 9.78 Å². The molecule has 0 radical (unpaired) electrons. The minimum absolute atomic E-state index is 0.0363. The predicted molar refractivity (Wildman–Crippen MR) is 74.0 cm³/mol. The second-order valence-corrected chi connectivity index (χ2v) is 4.27. The van der Waals surface area contributed by atoms with E-state index in [0.29, 0.717) is 17.0 Å². The number of rotatable bonds is 4. The molecule has 0 aliphatic heterocycles. The minimum atomic E-state index is -0.385. The molecule has 7 heteroatoms. The molecular formula is C14H12N4O3. The Morgan fingerprint density at radius 1 is 1.33 bits per heavy atom. The number of nitrogens with one attached hydrogen (secondary N) is 1. The van der Waals surface area contributed by atoms with Crippen molar-refractivity contribution in [2.24, 2.45) is 0 Å². The molecule has 0 atom stereocenters. The number of carbonyl (C=O) groups excluding carboxylic acids is 1. The normalized spacial score (nSPS) is 10.5. The number of amides is 1. The maximum absolute atomic E-state index is 12.3. The first-order chi connectivity index (χ1) is 10.3. The Morgan fingerprint density at radius 2 is 2.24 bits per heavy atom. The fourth-order valence-corrected chi connectivity index (χ4v) is 1.89. The predicted octanol–water partition coefficient (Wildman–Crippen LogP) is 1.84. The lowest BCUT2D eigenvalue weighted by Gasteiger charge is -2.03. The van der Waals surface area contributed by atoms with Gasteiger partial charge in [0.05, 0.1) is 12.8 Å². The zero-order valence-electron chi connectivity index (χ0n) is 10.9. The second-order valence-electron chi connectivity index (χ2n) is 4.27. The molecule has 3 aromatic rings. The molecule has 0 saturated heterocycles. The van der Waals surface area contributed by atoms with E-state index in [1.54, 1.807) is 36.7 Å². The van der Waals surface area contributed by atoms with Gasteiger partial charge in [0.25, 0.3) is 5.91 Å². The molecule has 0 spiro atoms. The molecule has 0 fully saturated rings. The van der Waals surface area contributed by atoms with E-state index in [-0.39, 0.29) is 23.9 Å². The van der Waals surface area contributed by atoms with E-state index in [4.69, 9.17) is 14.7 Å². The number of nitrogen functional groups attached to an aromatic ring is 1. The third-order valence-corrected chi connectivity index (χ3v) is 2.88. The fraction of sp³-hybridized carbons (Fsp3) is 0.0714. The van der Waals surface area contributed by atoms with Crippen LogP contribution < -0.4 is 11.1 Å². The average molecular weight is 284 g/mol. The van der Waals surface area contributed by atoms with Crippen LogP contribution in [0.15, 0.2) is 51.9 Å². The highest BCUT2D eigenvalue weighted by Crippen LogP contribution is 2.26. The Balaban J connectivity index is 1.84. The van der Waals surface area contributed by atoms with Crippen LogP contribution in [0, 0.1) is 0 Å². The van der Waals surface area contributed by atoms with Gasteiger partial charge in [0.2, 0.25) is 5.88 Å². The minimum Gasteiger partial charge on any atom is -0.467 e.